The number of fused-ring (bicyclic) bond motifs is 1. The van der Waals surface area contributed by atoms with Crippen LogP contribution in [0.4, 0.5) is 5.69 Å². The summed E-state index contributed by atoms with van der Waals surface area (Å²) in [5.41, 5.74) is 1.78. The number of Topliss-reactive ketones (excluding diaryl/α,β-unsaturated/α-hetero) is 1. The van der Waals surface area contributed by atoms with E-state index >= 15 is 0 Å². The maximum absolute atomic E-state index is 12.9. The third-order valence-electron chi connectivity index (χ3n) is 5.86. The molecule has 2 amide bonds. The summed E-state index contributed by atoms with van der Waals surface area (Å²) in [6, 6.07) is 13.8. The van der Waals surface area contributed by atoms with Gasteiger partial charge in [0.15, 0.2) is 5.78 Å². The van der Waals surface area contributed by atoms with Crippen molar-refractivity contribution in [2.75, 3.05) is 44.7 Å². The first-order chi connectivity index (χ1) is 14.5. The van der Waals surface area contributed by atoms with E-state index in [0.717, 1.165) is 42.5 Å². The largest absolute Gasteiger partial charge is 0.495 e. The van der Waals surface area contributed by atoms with Crippen molar-refractivity contribution in [1.29, 1.82) is 0 Å². The van der Waals surface area contributed by atoms with E-state index < -0.39 is 17.9 Å². The van der Waals surface area contributed by atoms with Gasteiger partial charge in [-0.1, -0.05) is 24.3 Å². The molecule has 0 radical (unpaired) electrons. The minimum Gasteiger partial charge on any atom is -0.495 e. The summed E-state index contributed by atoms with van der Waals surface area (Å²) in [7, 11) is 1.66. The predicted molar refractivity (Wildman–Crippen MR) is 113 cm³/mol. The molecule has 2 aromatic carbocycles. The van der Waals surface area contributed by atoms with Gasteiger partial charge in [-0.05, 0) is 31.2 Å². The number of rotatable bonds is 6. The number of amides is 2. The van der Waals surface area contributed by atoms with Crippen LogP contribution in [0.3, 0.4) is 0 Å². The molecule has 1 saturated heterocycles. The van der Waals surface area contributed by atoms with Crippen LogP contribution in [0.25, 0.3) is 0 Å². The van der Waals surface area contributed by atoms with Crippen LogP contribution in [0, 0.1) is 0 Å². The van der Waals surface area contributed by atoms with Gasteiger partial charge < -0.3 is 9.64 Å². The first kappa shape index (κ1) is 20.1. The zero-order valence-corrected chi connectivity index (χ0v) is 17.2. The van der Waals surface area contributed by atoms with Crippen LogP contribution in [0.2, 0.25) is 0 Å². The monoisotopic (exact) mass is 407 g/mol. The molecule has 30 heavy (non-hydrogen) atoms. The first-order valence-corrected chi connectivity index (χ1v) is 10.1. The normalized spacial score (nSPS) is 17.8. The fraction of sp³-hybridized carbons (Fsp3) is 0.348. The van der Waals surface area contributed by atoms with Crippen LogP contribution in [0.15, 0.2) is 48.5 Å². The summed E-state index contributed by atoms with van der Waals surface area (Å²) in [6.07, 6.45) is 0. The number of hydrogen-bond donors (Lipinski definition) is 0. The second-order valence-corrected chi connectivity index (χ2v) is 7.60. The molecule has 0 aliphatic carbocycles. The van der Waals surface area contributed by atoms with Crippen LogP contribution >= 0.6 is 0 Å². The van der Waals surface area contributed by atoms with E-state index in [1.54, 1.807) is 38.3 Å². The molecule has 156 valence electrons. The molecule has 1 atom stereocenters. The number of nitrogens with zero attached hydrogens (tertiary/aromatic N) is 3. The van der Waals surface area contributed by atoms with Gasteiger partial charge in [-0.2, -0.15) is 0 Å². The highest BCUT2D eigenvalue weighted by Gasteiger charge is 2.40. The van der Waals surface area contributed by atoms with Crippen molar-refractivity contribution in [2.24, 2.45) is 0 Å². The molecule has 7 heteroatoms. The Labute approximate surface area is 175 Å². The SMILES string of the molecule is COc1ccccc1N1CCN(CC(=O)C(C)N2C(=O)c3ccccc3C2=O)CC1. The Bertz CT molecular complexity index is 947. The number of anilines is 1. The zero-order chi connectivity index (χ0) is 21.3. The molecule has 1 fully saturated rings. The summed E-state index contributed by atoms with van der Waals surface area (Å²) in [4.78, 5) is 43.5. The van der Waals surface area contributed by atoms with Gasteiger partial charge in [0.05, 0.1) is 36.5 Å². The van der Waals surface area contributed by atoms with Gasteiger partial charge in [-0.25, -0.2) is 0 Å². The number of imide groups is 1. The Hall–Kier alpha value is -3.19. The molecule has 7 nitrogen and oxygen atoms in total. The summed E-state index contributed by atoms with van der Waals surface area (Å²) in [6.45, 7) is 4.84. The molecule has 0 spiro atoms. The second kappa shape index (κ2) is 8.28. The highest BCUT2D eigenvalue weighted by molar-refractivity contribution is 6.22. The summed E-state index contributed by atoms with van der Waals surface area (Å²) >= 11 is 0. The van der Waals surface area contributed by atoms with Crippen LogP contribution < -0.4 is 9.64 Å². The summed E-state index contributed by atoms with van der Waals surface area (Å²) in [5, 5.41) is 0. The van der Waals surface area contributed by atoms with Crippen molar-refractivity contribution in [3.05, 3.63) is 59.7 Å². The Kier molecular flexibility index (Phi) is 5.55. The second-order valence-electron chi connectivity index (χ2n) is 7.60. The van der Waals surface area contributed by atoms with Gasteiger partial charge in [0.2, 0.25) is 0 Å². The number of carbonyl (C=O) groups is 3. The maximum atomic E-state index is 12.9. The standard InChI is InChI=1S/C23H25N3O4/c1-16(26-22(28)17-7-3-4-8-18(17)23(26)29)20(27)15-24-11-13-25(14-12-24)19-9-5-6-10-21(19)30-2/h3-10,16H,11-15H2,1-2H3. The predicted octanol–water partition coefficient (Wildman–Crippen LogP) is 2.07. The average molecular weight is 407 g/mol. The number of methoxy groups -OCH3 is 1. The van der Waals surface area contributed by atoms with Gasteiger partial charge in [-0.3, -0.25) is 24.2 Å². The lowest BCUT2D eigenvalue weighted by atomic mass is 10.1. The van der Waals surface area contributed by atoms with E-state index in [4.69, 9.17) is 4.74 Å². The molecular weight excluding hydrogens is 382 g/mol. The molecule has 4 rings (SSSR count). The fourth-order valence-corrected chi connectivity index (χ4v) is 4.09. The molecule has 0 aromatic heterocycles. The molecule has 2 aromatic rings. The number of carbonyl (C=O) groups excluding carboxylic acids is 3. The minimum absolute atomic E-state index is 0.129. The van der Waals surface area contributed by atoms with Crippen LogP contribution in [-0.4, -0.2) is 73.3 Å². The van der Waals surface area contributed by atoms with Crippen LogP contribution in [-0.2, 0) is 4.79 Å². The summed E-state index contributed by atoms with van der Waals surface area (Å²) in [5.74, 6) is -0.0774. The lowest BCUT2D eigenvalue weighted by Gasteiger charge is -2.36. The first-order valence-electron chi connectivity index (χ1n) is 10.1. The number of benzene rings is 2. The highest BCUT2D eigenvalue weighted by Crippen LogP contribution is 2.28. The van der Waals surface area contributed by atoms with E-state index in [9.17, 15) is 14.4 Å². The van der Waals surface area contributed by atoms with Crippen molar-refractivity contribution in [2.45, 2.75) is 13.0 Å². The zero-order valence-electron chi connectivity index (χ0n) is 17.2. The lowest BCUT2D eigenvalue weighted by molar-refractivity contribution is -0.123. The summed E-state index contributed by atoms with van der Waals surface area (Å²) < 4.78 is 5.45. The maximum Gasteiger partial charge on any atom is 0.262 e. The van der Waals surface area contributed by atoms with Gasteiger partial charge >= 0.3 is 0 Å². The number of hydrogen-bond acceptors (Lipinski definition) is 6. The van der Waals surface area contributed by atoms with Crippen molar-refractivity contribution < 1.29 is 19.1 Å². The Morgan fingerprint density at radius 2 is 1.50 bits per heavy atom. The quantitative estimate of drug-likeness (QED) is 0.683. The molecule has 1 unspecified atom stereocenters. The Balaban J connectivity index is 1.36. The van der Waals surface area contributed by atoms with E-state index in [0.29, 0.717) is 11.1 Å². The molecule has 2 heterocycles. The highest BCUT2D eigenvalue weighted by atomic mass is 16.5. The Morgan fingerprint density at radius 3 is 2.10 bits per heavy atom. The van der Waals surface area contributed by atoms with Crippen molar-refractivity contribution >= 4 is 23.3 Å². The number of piperazine rings is 1. The molecule has 0 bridgehead atoms. The topological polar surface area (TPSA) is 70.2 Å². The van der Waals surface area contributed by atoms with E-state index in [2.05, 4.69) is 9.80 Å². The molecule has 0 N–H and O–H groups in total. The smallest absolute Gasteiger partial charge is 0.262 e. The van der Waals surface area contributed by atoms with E-state index in [1.807, 2.05) is 24.3 Å². The molecule has 0 saturated carbocycles. The van der Waals surface area contributed by atoms with E-state index in [-0.39, 0.29) is 12.3 Å². The molecule has 2 aliphatic rings. The van der Waals surface area contributed by atoms with Gasteiger partial charge in [-0.15, -0.1) is 0 Å². The van der Waals surface area contributed by atoms with Gasteiger partial charge in [0.1, 0.15) is 5.75 Å². The minimum atomic E-state index is -0.787. The lowest BCUT2D eigenvalue weighted by Crippen LogP contribution is -2.51. The molecular formula is C23H25N3O4. The van der Waals surface area contributed by atoms with Crippen molar-refractivity contribution in [1.82, 2.24) is 9.80 Å². The van der Waals surface area contributed by atoms with Crippen molar-refractivity contribution in [3.63, 3.8) is 0 Å². The fourth-order valence-electron chi connectivity index (χ4n) is 4.09. The Morgan fingerprint density at radius 1 is 0.933 bits per heavy atom. The number of ether oxygens (including phenoxy) is 1. The number of para-hydroxylation sites is 2. The third-order valence-corrected chi connectivity index (χ3v) is 5.86. The van der Waals surface area contributed by atoms with Crippen LogP contribution in [0.1, 0.15) is 27.6 Å². The number of ketones is 1. The van der Waals surface area contributed by atoms with Crippen molar-refractivity contribution in [3.8, 4) is 5.75 Å². The van der Waals surface area contributed by atoms with Crippen LogP contribution in [0.5, 0.6) is 5.75 Å². The van der Waals surface area contributed by atoms with Gasteiger partial charge in [0, 0.05) is 26.2 Å². The average Bonchev–Trinajstić information content (AvgIpc) is 3.04. The third kappa shape index (κ3) is 3.57. The van der Waals surface area contributed by atoms with E-state index in [1.165, 1.54) is 0 Å². The van der Waals surface area contributed by atoms with Gasteiger partial charge in [0.25, 0.3) is 11.8 Å². The molecule has 2 aliphatic heterocycles.